The van der Waals surface area contributed by atoms with Crippen LogP contribution in [0.2, 0.25) is 0 Å². The number of carbonyl (C=O) groups excluding carboxylic acids is 2. The molecule has 6 nitrogen and oxygen atoms in total. The number of nitrogens with one attached hydrogen (secondary N) is 2. The van der Waals surface area contributed by atoms with Gasteiger partial charge in [-0.25, -0.2) is 0 Å². The van der Waals surface area contributed by atoms with E-state index in [9.17, 15) is 14.4 Å². The molecule has 1 aliphatic rings. The van der Waals surface area contributed by atoms with Gasteiger partial charge in [0.2, 0.25) is 5.91 Å². The molecule has 1 aromatic carbocycles. The Morgan fingerprint density at radius 2 is 2.05 bits per heavy atom. The smallest absolute Gasteiger partial charge is 0.303 e. The van der Waals surface area contributed by atoms with Crippen LogP contribution in [-0.4, -0.2) is 29.4 Å². The highest BCUT2D eigenvalue weighted by Gasteiger charge is 2.39. The lowest BCUT2D eigenvalue weighted by Gasteiger charge is -2.08. The zero-order valence-electron chi connectivity index (χ0n) is 12.5. The molecule has 0 spiro atoms. The fourth-order valence-corrected chi connectivity index (χ4v) is 2.20. The zero-order chi connectivity index (χ0) is 16.1. The molecule has 22 heavy (non-hydrogen) atoms. The van der Waals surface area contributed by atoms with Crippen molar-refractivity contribution in [2.45, 2.75) is 26.2 Å². The molecule has 0 bridgehead atoms. The predicted molar refractivity (Wildman–Crippen MR) is 81.5 cm³/mol. The standard InChI is InChI=1S/C16H20N2O4/c1-10-8-13(10)16(22)18-12-5-2-4-11(9-12)15(21)17-7-3-6-14(19)20/h2,4-5,9-10,13H,3,6-8H2,1H3,(H,17,21)(H,18,22)(H,19,20). The molecular formula is C16H20N2O4. The molecule has 0 aromatic heterocycles. The lowest BCUT2D eigenvalue weighted by atomic mass is 10.1. The van der Waals surface area contributed by atoms with E-state index in [1.807, 2.05) is 6.92 Å². The number of anilines is 1. The second-order valence-electron chi connectivity index (χ2n) is 5.64. The van der Waals surface area contributed by atoms with Crippen molar-refractivity contribution in [2.75, 3.05) is 11.9 Å². The van der Waals surface area contributed by atoms with Crippen LogP contribution in [0, 0.1) is 11.8 Å². The predicted octanol–water partition coefficient (Wildman–Crippen LogP) is 1.88. The number of hydrogen-bond acceptors (Lipinski definition) is 3. The lowest BCUT2D eigenvalue weighted by Crippen LogP contribution is -2.25. The largest absolute Gasteiger partial charge is 0.481 e. The highest BCUT2D eigenvalue weighted by molar-refractivity contribution is 5.98. The van der Waals surface area contributed by atoms with Crippen molar-refractivity contribution in [1.82, 2.24) is 5.32 Å². The van der Waals surface area contributed by atoms with Crippen LogP contribution in [0.25, 0.3) is 0 Å². The van der Waals surface area contributed by atoms with Gasteiger partial charge < -0.3 is 15.7 Å². The Labute approximate surface area is 128 Å². The molecule has 0 heterocycles. The van der Waals surface area contributed by atoms with E-state index in [0.717, 1.165) is 6.42 Å². The summed E-state index contributed by atoms with van der Waals surface area (Å²) in [5.41, 5.74) is 1.04. The van der Waals surface area contributed by atoms with Gasteiger partial charge in [-0.1, -0.05) is 13.0 Å². The van der Waals surface area contributed by atoms with Crippen molar-refractivity contribution in [2.24, 2.45) is 11.8 Å². The maximum absolute atomic E-state index is 12.0. The fourth-order valence-electron chi connectivity index (χ4n) is 2.20. The Morgan fingerprint density at radius 3 is 2.68 bits per heavy atom. The van der Waals surface area contributed by atoms with Crippen LogP contribution in [0.15, 0.2) is 24.3 Å². The normalized spacial score (nSPS) is 19.3. The second kappa shape index (κ2) is 7.06. The van der Waals surface area contributed by atoms with E-state index in [0.29, 0.717) is 30.1 Å². The molecule has 1 aromatic rings. The number of carboxylic acids is 1. The number of rotatable bonds is 7. The summed E-state index contributed by atoms with van der Waals surface area (Å²) in [6.45, 7) is 2.34. The summed E-state index contributed by atoms with van der Waals surface area (Å²) in [5, 5.41) is 14.0. The first-order chi connectivity index (χ1) is 10.5. The van der Waals surface area contributed by atoms with Crippen molar-refractivity contribution in [1.29, 1.82) is 0 Å². The molecule has 0 aliphatic heterocycles. The molecule has 1 saturated carbocycles. The summed E-state index contributed by atoms with van der Waals surface area (Å²) in [7, 11) is 0. The maximum atomic E-state index is 12.0. The minimum atomic E-state index is -0.881. The van der Waals surface area contributed by atoms with Gasteiger partial charge in [0.1, 0.15) is 0 Å². The minimum Gasteiger partial charge on any atom is -0.481 e. The highest BCUT2D eigenvalue weighted by atomic mass is 16.4. The third-order valence-electron chi connectivity index (χ3n) is 3.69. The maximum Gasteiger partial charge on any atom is 0.303 e. The van der Waals surface area contributed by atoms with Crippen LogP contribution in [-0.2, 0) is 9.59 Å². The molecule has 118 valence electrons. The van der Waals surface area contributed by atoms with E-state index in [-0.39, 0.29) is 24.2 Å². The SMILES string of the molecule is CC1CC1C(=O)Nc1cccc(C(=O)NCCCC(=O)O)c1. The van der Waals surface area contributed by atoms with Gasteiger partial charge in [0.05, 0.1) is 0 Å². The van der Waals surface area contributed by atoms with Gasteiger partial charge in [0, 0.05) is 30.1 Å². The van der Waals surface area contributed by atoms with Crippen molar-refractivity contribution in [3.05, 3.63) is 29.8 Å². The number of carbonyl (C=O) groups is 3. The molecule has 2 amide bonds. The molecule has 3 N–H and O–H groups in total. The molecule has 2 unspecified atom stereocenters. The van der Waals surface area contributed by atoms with Gasteiger partial charge in [-0.05, 0) is 37.0 Å². The van der Waals surface area contributed by atoms with Crippen LogP contribution >= 0.6 is 0 Å². The minimum absolute atomic E-state index is 0.00786. The van der Waals surface area contributed by atoms with E-state index < -0.39 is 5.97 Å². The topological polar surface area (TPSA) is 95.5 Å². The van der Waals surface area contributed by atoms with Crippen molar-refractivity contribution < 1.29 is 19.5 Å². The summed E-state index contributed by atoms with van der Waals surface area (Å²) < 4.78 is 0. The molecule has 1 aliphatic carbocycles. The van der Waals surface area contributed by atoms with Crippen molar-refractivity contribution in [3.63, 3.8) is 0 Å². The number of aliphatic carboxylic acids is 1. The van der Waals surface area contributed by atoms with Gasteiger partial charge in [0.15, 0.2) is 0 Å². The first-order valence-electron chi connectivity index (χ1n) is 7.38. The molecule has 2 atom stereocenters. The third kappa shape index (κ3) is 4.58. The molecular weight excluding hydrogens is 284 g/mol. The number of carboxylic acid groups (broad SMARTS) is 1. The van der Waals surface area contributed by atoms with E-state index in [1.165, 1.54) is 0 Å². The molecule has 2 rings (SSSR count). The van der Waals surface area contributed by atoms with E-state index >= 15 is 0 Å². The quantitative estimate of drug-likeness (QED) is 0.670. The van der Waals surface area contributed by atoms with E-state index in [2.05, 4.69) is 10.6 Å². The number of hydrogen-bond donors (Lipinski definition) is 3. The van der Waals surface area contributed by atoms with Crippen molar-refractivity contribution >= 4 is 23.5 Å². The first kappa shape index (κ1) is 16.0. The Hall–Kier alpha value is -2.37. The average molecular weight is 304 g/mol. The van der Waals surface area contributed by atoms with Gasteiger partial charge in [-0.2, -0.15) is 0 Å². The van der Waals surface area contributed by atoms with Crippen LogP contribution in [0.1, 0.15) is 36.5 Å². The Morgan fingerprint density at radius 1 is 1.32 bits per heavy atom. The number of benzene rings is 1. The van der Waals surface area contributed by atoms with Crippen LogP contribution in [0.3, 0.4) is 0 Å². The molecule has 1 fully saturated rings. The fraction of sp³-hybridized carbons (Fsp3) is 0.438. The van der Waals surface area contributed by atoms with Gasteiger partial charge in [-0.15, -0.1) is 0 Å². The summed E-state index contributed by atoms with van der Waals surface area (Å²) >= 11 is 0. The molecule has 0 radical (unpaired) electrons. The summed E-state index contributed by atoms with van der Waals surface area (Å²) in [6.07, 6.45) is 1.32. The van der Waals surface area contributed by atoms with Gasteiger partial charge in [0.25, 0.3) is 5.91 Å². The van der Waals surface area contributed by atoms with E-state index in [1.54, 1.807) is 24.3 Å². The zero-order valence-corrected chi connectivity index (χ0v) is 12.5. The average Bonchev–Trinajstić information content (AvgIpc) is 3.20. The van der Waals surface area contributed by atoms with Crippen LogP contribution in [0.5, 0.6) is 0 Å². The van der Waals surface area contributed by atoms with E-state index in [4.69, 9.17) is 5.11 Å². The first-order valence-corrected chi connectivity index (χ1v) is 7.38. The Balaban J connectivity index is 1.86. The summed E-state index contributed by atoms with van der Waals surface area (Å²) in [6, 6.07) is 6.73. The van der Waals surface area contributed by atoms with Gasteiger partial charge >= 0.3 is 5.97 Å². The second-order valence-corrected chi connectivity index (χ2v) is 5.64. The van der Waals surface area contributed by atoms with Crippen LogP contribution < -0.4 is 10.6 Å². The monoisotopic (exact) mass is 304 g/mol. The lowest BCUT2D eigenvalue weighted by molar-refractivity contribution is -0.137. The number of amides is 2. The summed E-state index contributed by atoms with van der Waals surface area (Å²) in [4.78, 5) is 34.2. The van der Waals surface area contributed by atoms with Crippen molar-refractivity contribution in [3.8, 4) is 0 Å². The molecule has 0 saturated heterocycles. The highest BCUT2D eigenvalue weighted by Crippen LogP contribution is 2.38. The van der Waals surface area contributed by atoms with Crippen LogP contribution in [0.4, 0.5) is 5.69 Å². The Bertz CT molecular complexity index is 585. The summed E-state index contributed by atoms with van der Waals surface area (Å²) in [5.74, 6) is -0.657. The third-order valence-corrected chi connectivity index (χ3v) is 3.69. The Kier molecular flexibility index (Phi) is 5.14. The molecule has 6 heteroatoms. The van der Waals surface area contributed by atoms with Gasteiger partial charge in [-0.3, -0.25) is 14.4 Å².